The van der Waals surface area contributed by atoms with Gasteiger partial charge in [-0.3, -0.25) is 14.7 Å². The number of halogens is 2. The van der Waals surface area contributed by atoms with E-state index in [2.05, 4.69) is 36.9 Å². The van der Waals surface area contributed by atoms with Crippen LogP contribution in [0.25, 0.3) is 0 Å². The Balaban J connectivity index is 1.23. The van der Waals surface area contributed by atoms with E-state index in [9.17, 15) is 9.18 Å². The lowest BCUT2D eigenvalue weighted by molar-refractivity contribution is 0.0576. The van der Waals surface area contributed by atoms with Gasteiger partial charge in [0, 0.05) is 54.8 Å². The summed E-state index contributed by atoms with van der Waals surface area (Å²) in [6.45, 7) is 5.89. The summed E-state index contributed by atoms with van der Waals surface area (Å²) in [6, 6.07) is 13.8. The lowest BCUT2D eigenvalue weighted by atomic mass is 9.58. The van der Waals surface area contributed by atoms with Crippen molar-refractivity contribution in [2.45, 2.75) is 50.2 Å². The van der Waals surface area contributed by atoms with Crippen LogP contribution in [-0.2, 0) is 6.54 Å². The first-order valence-electron chi connectivity index (χ1n) is 13.7. The second-order valence-corrected chi connectivity index (χ2v) is 11.2. The van der Waals surface area contributed by atoms with Crippen molar-refractivity contribution >= 4 is 44.7 Å². The molecule has 204 valence electrons. The largest absolute Gasteiger partial charge is 0.355 e. The van der Waals surface area contributed by atoms with Crippen molar-refractivity contribution in [1.82, 2.24) is 19.8 Å². The van der Waals surface area contributed by atoms with Crippen LogP contribution in [0.4, 0.5) is 15.9 Å². The summed E-state index contributed by atoms with van der Waals surface area (Å²) < 4.78 is 13.4. The number of benzene rings is 1. The predicted molar refractivity (Wildman–Crippen MR) is 159 cm³/mol. The molecule has 40 heavy (non-hydrogen) atoms. The van der Waals surface area contributed by atoms with Crippen LogP contribution < -0.4 is 10.2 Å². The number of rotatable bonds is 6. The maximum absolute atomic E-state index is 13.4. The summed E-state index contributed by atoms with van der Waals surface area (Å²) in [5.41, 5.74) is 1.93. The number of piperidine rings is 1. The zero-order valence-electron chi connectivity index (χ0n) is 22.6. The molecule has 2 fully saturated rings. The van der Waals surface area contributed by atoms with Crippen LogP contribution in [0.2, 0.25) is 5.02 Å². The molecule has 2 aromatic heterocycles. The molecule has 4 radical (unpaired) electrons. The zero-order chi connectivity index (χ0) is 28.3. The minimum absolute atomic E-state index is 0.0664. The van der Waals surface area contributed by atoms with Gasteiger partial charge in [-0.15, -0.1) is 0 Å². The second kappa shape index (κ2) is 12.3. The standard InChI is InChI=1S/C29H32B2ClFN6O/c1-20-18-38(27-4-2-3-26(36-27)28(40)35-23-7-12-34-13-8-23)16-11-29(30,31)39(20)24-9-14-37(15-10-24)19-21-5-6-22(33)17-25(21)32/h2-8,12-13,17,20,24H,9-11,14-16,18-19H2,1H3,(H,34,35,40). The topological polar surface area (TPSA) is 64.6 Å². The predicted octanol–water partition coefficient (Wildman–Crippen LogP) is 4.08. The molecule has 7 nitrogen and oxygen atoms in total. The van der Waals surface area contributed by atoms with E-state index in [0.29, 0.717) is 42.5 Å². The normalized spacial score (nSPS) is 20.7. The van der Waals surface area contributed by atoms with Gasteiger partial charge in [0.25, 0.3) is 5.91 Å². The molecule has 1 N–H and O–H groups in total. The monoisotopic (exact) mass is 556 g/mol. The number of hydrogen-bond acceptors (Lipinski definition) is 6. The Morgan fingerprint density at radius 2 is 1.88 bits per heavy atom. The zero-order valence-corrected chi connectivity index (χ0v) is 23.4. The highest BCUT2D eigenvalue weighted by Crippen LogP contribution is 2.31. The molecule has 0 aliphatic carbocycles. The highest BCUT2D eigenvalue weighted by molar-refractivity contribution is 6.40. The van der Waals surface area contributed by atoms with E-state index in [1.807, 2.05) is 12.1 Å². The van der Waals surface area contributed by atoms with Gasteiger partial charge in [0.05, 0.1) is 15.7 Å². The fraction of sp³-hybridized carbons (Fsp3) is 0.414. The van der Waals surface area contributed by atoms with E-state index in [1.165, 1.54) is 12.1 Å². The molecule has 1 amide bonds. The van der Waals surface area contributed by atoms with Crippen LogP contribution in [0.1, 0.15) is 42.2 Å². The van der Waals surface area contributed by atoms with Gasteiger partial charge in [0.15, 0.2) is 0 Å². The lowest BCUT2D eigenvalue weighted by Gasteiger charge is -2.49. The average Bonchev–Trinajstić information content (AvgIpc) is 3.06. The molecule has 2 saturated heterocycles. The molecule has 0 saturated carbocycles. The van der Waals surface area contributed by atoms with E-state index < -0.39 is 5.34 Å². The number of amides is 1. The maximum Gasteiger partial charge on any atom is 0.274 e. The first kappa shape index (κ1) is 28.6. The second-order valence-electron chi connectivity index (χ2n) is 10.8. The van der Waals surface area contributed by atoms with E-state index in [-0.39, 0.29) is 23.8 Å². The average molecular weight is 557 g/mol. The molecule has 0 spiro atoms. The molecule has 1 aromatic carbocycles. The smallest absolute Gasteiger partial charge is 0.274 e. The highest BCUT2D eigenvalue weighted by atomic mass is 35.5. The molecule has 3 aromatic rings. The van der Waals surface area contributed by atoms with Gasteiger partial charge in [-0.25, -0.2) is 9.37 Å². The summed E-state index contributed by atoms with van der Waals surface area (Å²) >= 11 is 6.26. The van der Waals surface area contributed by atoms with Crippen molar-refractivity contribution in [2.24, 2.45) is 0 Å². The van der Waals surface area contributed by atoms with Crippen LogP contribution in [-0.4, -0.2) is 85.0 Å². The minimum Gasteiger partial charge on any atom is -0.355 e. The summed E-state index contributed by atoms with van der Waals surface area (Å²) in [5, 5.41) is 2.34. The van der Waals surface area contributed by atoms with Crippen LogP contribution in [0.5, 0.6) is 0 Å². The fourth-order valence-electron chi connectivity index (χ4n) is 5.86. The van der Waals surface area contributed by atoms with Crippen LogP contribution >= 0.6 is 11.6 Å². The molecule has 2 aliphatic rings. The minimum atomic E-state index is -0.975. The van der Waals surface area contributed by atoms with E-state index in [1.54, 1.807) is 36.7 Å². The Kier molecular flexibility index (Phi) is 8.78. The summed E-state index contributed by atoms with van der Waals surface area (Å²) in [6.07, 6.45) is 5.64. The third-order valence-corrected chi connectivity index (χ3v) is 8.16. The lowest BCUT2D eigenvalue weighted by Crippen LogP contribution is -2.60. The van der Waals surface area contributed by atoms with Gasteiger partial charge < -0.3 is 15.1 Å². The molecular weight excluding hydrogens is 524 g/mol. The Labute approximate surface area is 242 Å². The molecular formula is C29H32B2ClFN6O. The summed E-state index contributed by atoms with van der Waals surface area (Å²) in [7, 11) is 13.5. The number of carbonyl (C=O) groups excluding carboxylic acids is 1. The van der Waals surface area contributed by atoms with Gasteiger partial charge >= 0.3 is 0 Å². The number of aromatic nitrogens is 2. The van der Waals surface area contributed by atoms with Crippen molar-refractivity contribution < 1.29 is 9.18 Å². The Bertz CT molecular complexity index is 1320. The van der Waals surface area contributed by atoms with Crippen molar-refractivity contribution in [3.63, 3.8) is 0 Å². The SMILES string of the molecule is [B]C1([B])CCN(c2cccc(C(=O)Nc3ccncc3)n2)CC(C)N1C1CCN(Cc2ccc(F)cc2Cl)CC1. The van der Waals surface area contributed by atoms with Crippen molar-refractivity contribution in [3.8, 4) is 0 Å². The third kappa shape index (κ3) is 6.67. The van der Waals surface area contributed by atoms with Gasteiger partial charge in [0.1, 0.15) is 17.3 Å². The van der Waals surface area contributed by atoms with E-state index >= 15 is 0 Å². The number of pyridine rings is 2. The molecule has 1 unspecified atom stereocenters. The Hall–Kier alpha value is -2.94. The number of hydrogen-bond donors (Lipinski definition) is 1. The number of nitrogens with zero attached hydrogens (tertiary/aromatic N) is 5. The maximum atomic E-state index is 13.4. The van der Waals surface area contributed by atoms with Crippen molar-refractivity contribution in [3.05, 3.63) is 83.0 Å². The number of anilines is 2. The Morgan fingerprint density at radius 3 is 2.60 bits per heavy atom. The first-order chi connectivity index (χ1) is 19.2. The van der Waals surface area contributed by atoms with Gasteiger partial charge in [-0.05, 0) is 81.2 Å². The summed E-state index contributed by atoms with van der Waals surface area (Å²) in [4.78, 5) is 28.3. The summed E-state index contributed by atoms with van der Waals surface area (Å²) in [5.74, 6) is 0.116. The van der Waals surface area contributed by atoms with Crippen LogP contribution in [0, 0.1) is 5.82 Å². The van der Waals surface area contributed by atoms with Crippen molar-refractivity contribution in [1.29, 1.82) is 0 Å². The molecule has 11 heteroatoms. The first-order valence-corrected chi connectivity index (χ1v) is 14.0. The van der Waals surface area contributed by atoms with Crippen LogP contribution in [0.3, 0.4) is 0 Å². The molecule has 0 bridgehead atoms. The van der Waals surface area contributed by atoms with Crippen molar-refractivity contribution in [2.75, 3.05) is 36.4 Å². The van der Waals surface area contributed by atoms with Crippen LogP contribution in [0.15, 0.2) is 60.9 Å². The Morgan fingerprint density at radius 1 is 1.12 bits per heavy atom. The van der Waals surface area contributed by atoms with Gasteiger partial charge in [-0.2, -0.15) is 0 Å². The van der Waals surface area contributed by atoms with Gasteiger partial charge in [-0.1, -0.05) is 29.1 Å². The quantitative estimate of drug-likeness (QED) is 0.462. The molecule has 5 rings (SSSR count). The highest BCUT2D eigenvalue weighted by Gasteiger charge is 2.39. The fourth-order valence-corrected chi connectivity index (χ4v) is 6.09. The van der Waals surface area contributed by atoms with E-state index in [0.717, 1.165) is 37.3 Å². The third-order valence-electron chi connectivity index (χ3n) is 7.81. The molecule has 4 heterocycles. The molecule has 1 atom stereocenters. The number of carbonyl (C=O) groups is 1. The number of nitrogens with one attached hydrogen (secondary N) is 1. The number of likely N-dealkylation sites (tertiary alicyclic amines) is 1. The van der Waals surface area contributed by atoms with E-state index in [4.69, 9.17) is 27.3 Å². The van der Waals surface area contributed by atoms with Gasteiger partial charge in [0.2, 0.25) is 0 Å². The molecule has 2 aliphatic heterocycles.